The van der Waals surface area contributed by atoms with Crippen molar-refractivity contribution in [3.05, 3.63) is 84.4 Å². The van der Waals surface area contributed by atoms with E-state index in [0.717, 1.165) is 16.8 Å². The molecule has 5 rings (SSSR count). The minimum atomic E-state index is -0.234. The standard InChI is InChI=1S/C26H25FN6OS/c1-19-8-10-21(11-9-19)33-25(20-5-4-12-28-17-20)29-30-26(33)35-18-24(34)32-15-13-31(14-16-32)23-7-3-2-6-22(23)27/h2-12,17H,13-16,18H2,1H3. The number of aromatic nitrogens is 4. The molecule has 9 heteroatoms. The Balaban J connectivity index is 1.29. The molecule has 0 unspecified atom stereocenters. The highest BCUT2D eigenvalue weighted by Crippen LogP contribution is 2.28. The summed E-state index contributed by atoms with van der Waals surface area (Å²) in [4.78, 5) is 21.0. The molecule has 0 saturated carbocycles. The monoisotopic (exact) mass is 488 g/mol. The van der Waals surface area contributed by atoms with Crippen LogP contribution in [0.5, 0.6) is 0 Å². The summed E-state index contributed by atoms with van der Waals surface area (Å²) < 4.78 is 16.1. The zero-order valence-corrected chi connectivity index (χ0v) is 20.2. The lowest BCUT2D eigenvalue weighted by Crippen LogP contribution is -2.49. The zero-order chi connectivity index (χ0) is 24.2. The fraction of sp³-hybridized carbons (Fsp3) is 0.231. The topological polar surface area (TPSA) is 67.2 Å². The van der Waals surface area contributed by atoms with Gasteiger partial charge < -0.3 is 9.80 Å². The van der Waals surface area contributed by atoms with E-state index in [9.17, 15) is 9.18 Å². The van der Waals surface area contributed by atoms with Crippen LogP contribution < -0.4 is 4.90 Å². The van der Waals surface area contributed by atoms with Gasteiger partial charge >= 0.3 is 0 Å². The van der Waals surface area contributed by atoms with E-state index < -0.39 is 0 Å². The number of amides is 1. The highest BCUT2D eigenvalue weighted by Gasteiger charge is 2.24. The third-order valence-electron chi connectivity index (χ3n) is 6.00. The lowest BCUT2D eigenvalue weighted by Gasteiger charge is -2.36. The molecule has 0 N–H and O–H groups in total. The summed E-state index contributed by atoms with van der Waals surface area (Å²) in [6, 6.07) is 18.7. The lowest BCUT2D eigenvalue weighted by atomic mass is 10.2. The average molecular weight is 489 g/mol. The Hall–Kier alpha value is -3.72. The van der Waals surface area contributed by atoms with Crippen LogP contribution in [0.1, 0.15) is 5.56 Å². The first kappa shape index (κ1) is 23.0. The number of nitrogens with zero attached hydrogens (tertiary/aromatic N) is 6. The second-order valence-electron chi connectivity index (χ2n) is 8.33. The van der Waals surface area contributed by atoms with E-state index in [1.165, 1.54) is 17.8 Å². The van der Waals surface area contributed by atoms with Gasteiger partial charge in [0.15, 0.2) is 11.0 Å². The number of hydrogen-bond donors (Lipinski definition) is 0. The summed E-state index contributed by atoms with van der Waals surface area (Å²) in [7, 11) is 0. The van der Waals surface area contributed by atoms with Gasteiger partial charge in [-0.25, -0.2) is 4.39 Å². The predicted octanol–water partition coefficient (Wildman–Crippen LogP) is 4.22. The Labute approximate surface area is 207 Å². The van der Waals surface area contributed by atoms with Crippen LogP contribution in [-0.4, -0.2) is 62.5 Å². The number of anilines is 1. The number of rotatable bonds is 6. The normalized spacial score (nSPS) is 13.8. The van der Waals surface area contributed by atoms with E-state index in [0.29, 0.717) is 42.8 Å². The molecular weight excluding hydrogens is 463 g/mol. The molecule has 0 spiro atoms. The van der Waals surface area contributed by atoms with E-state index in [2.05, 4.69) is 15.2 Å². The lowest BCUT2D eigenvalue weighted by molar-refractivity contribution is -0.128. The molecule has 7 nitrogen and oxygen atoms in total. The van der Waals surface area contributed by atoms with Crippen LogP contribution >= 0.6 is 11.8 Å². The van der Waals surface area contributed by atoms with Crippen LogP contribution in [0.25, 0.3) is 17.1 Å². The van der Waals surface area contributed by atoms with Gasteiger partial charge in [-0.05, 0) is 43.3 Å². The molecule has 1 aliphatic heterocycles. The summed E-state index contributed by atoms with van der Waals surface area (Å²) in [5.41, 5.74) is 3.52. The smallest absolute Gasteiger partial charge is 0.233 e. The van der Waals surface area contributed by atoms with Gasteiger partial charge in [-0.3, -0.25) is 14.3 Å². The first-order valence-electron chi connectivity index (χ1n) is 11.4. The number of carbonyl (C=O) groups is 1. The summed E-state index contributed by atoms with van der Waals surface area (Å²) in [5.74, 6) is 0.721. The number of carbonyl (C=O) groups excluding carboxylic acids is 1. The maximum absolute atomic E-state index is 14.1. The molecule has 0 aliphatic carbocycles. The first-order valence-corrected chi connectivity index (χ1v) is 12.4. The van der Waals surface area contributed by atoms with Crippen molar-refractivity contribution < 1.29 is 9.18 Å². The van der Waals surface area contributed by atoms with Crippen molar-refractivity contribution in [2.75, 3.05) is 36.8 Å². The third-order valence-corrected chi connectivity index (χ3v) is 6.91. The van der Waals surface area contributed by atoms with Crippen LogP contribution in [0, 0.1) is 12.7 Å². The van der Waals surface area contributed by atoms with Gasteiger partial charge in [0.1, 0.15) is 5.82 Å². The molecule has 1 aliphatic rings. The molecule has 0 bridgehead atoms. The third kappa shape index (κ3) is 5.05. The van der Waals surface area contributed by atoms with Gasteiger partial charge in [0.05, 0.1) is 11.4 Å². The van der Waals surface area contributed by atoms with E-state index in [4.69, 9.17) is 0 Å². The van der Waals surface area contributed by atoms with Crippen molar-refractivity contribution in [3.8, 4) is 17.1 Å². The van der Waals surface area contributed by atoms with Crippen LogP contribution in [0.15, 0.2) is 78.2 Å². The van der Waals surface area contributed by atoms with Crippen LogP contribution in [0.2, 0.25) is 0 Å². The Morgan fingerprint density at radius 1 is 0.971 bits per heavy atom. The number of hydrogen-bond acceptors (Lipinski definition) is 6. The van der Waals surface area contributed by atoms with Crippen molar-refractivity contribution in [1.29, 1.82) is 0 Å². The average Bonchev–Trinajstić information content (AvgIpc) is 3.32. The molecule has 3 heterocycles. The minimum absolute atomic E-state index is 0.0320. The molecule has 2 aromatic carbocycles. The van der Waals surface area contributed by atoms with E-state index in [-0.39, 0.29) is 17.5 Å². The maximum Gasteiger partial charge on any atom is 0.233 e. The number of thioether (sulfide) groups is 1. The van der Waals surface area contributed by atoms with Gasteiger partial charge in [-0.15, -0.1) is 10.2 Å². The van der Waals surface area contributed by atoms with Crippen molar-refractivity contribution >= 4 is 23.4 Å². The fourth-order valence-electron chi connectivity index (χ4n) is 4.09. The van der Waals surface area contributed by atoms with Crippen LogP contribution in [0.3, 0.4) is 0 Å². The molecular formula is C26H25FN6OS. The molecule has 1 saturated heterocycles. The highest BCUT2D eigenvalue weighted by molar-refractivity contribution is 7.99. The molecule has 2 aromatic heterocycles. The van der Waals surface area contributed by atoms with Gasteiger partial charge in [0.25, 0.3) is 0 Å². The highest BCUT2D eigenvalue weighted by atomic mass is 32.2. The molecule has 4 aromatic rings. The van der Waals surface area contributed by atoms with Crippen molar-refractivity contribution in [3.63, 3.8) is 0 Å². The van der Waals surface area contributed by atoms with Gasteiger partial charge in [0, 0.05) is 49.8 Å². The first-order chi connectivity index (χ1) is 17.1. The second-order valence-corrected chi connectivity index (χ2v) is 9.27. The van der Waals surface area contributed by atoms with E-state index in [1.54, 1.807) is 24.5 Å². The van der Waals surface area contributed by atoms with E-state index >= 15 is 0 Å². The SMILES string of the molecule is Cc1ccc(-n2c(SCC(=O)N3CCN(c4ccccc4F)CC3)nnc2-c2cccnc2)cc1. The molecule has 1 amide bonds. The van der Waals surface area contributed by atoms with Crippen molar-refractivity contribution in [2.45, 2.75) is 12.1 Å². The molecule has 0 radical (unpaired) electrons. The summed E-state index contributed by atoms with van der Waals surface area (Å²) in [6.07, 6.45) is 3.47. The van der Waals surface area contributed by atoms with Crippen LogP contribution in [0.4, 0.5) is 10.1 Å². The van der Waals surface area contributed by atoms with Gasteiger partial charge in [0.2, 0.25) is 5.91 Å². The Kier molecular flexibility index (Phi) is 6.76. The maximum atomic E-state index is 14.1. The Morgan fingerprint density at radius 3 is 2.46 bits per heavy atom. The molecule has 35 heavy (non-hydrogen) atoms. The Bertz CT molecular complexity index is 1300. The number of pyridine rings is 1. The fourth-order valence-corrected chi connectivity index (χ4v) is 4.95. The Morgan fingerprint density at radius 2 is 1.74 bits per heavy atom. The number of benzene rings is 2. The van der Waals surface area contributed by atoms with Crippen molar-refractivity contribution in [2.24, 2.45) is 0 Å². The second kappa shape index (κ2) is 10.3. The zero-order valence-electron chi connectivity index (χ0n) is 19.3. The van der Waals surface area contributed by atoms with Crippen LogP contribution in [-0.2, 0) is 4.79 Å². The largest absolute Gasteiger partial charge is 0.366 e. The molecule has 178 valence electrons. The minimum Gasteiger partial charge on any atom is -0.366 e. The quantitative estimate of drug-likeness (QED) is 0.379. The number of piperazine rings is 1. The molecule has 1 fully saturated rings. The molecule has 0 atom stereocenters. The van der Waals surface area contributed by atoms with Gasteiger partial charge in [-0.2, -0.15) is 0 Å². The van der Waals surface area contributed by atoms with Gasteiger partial charge in [-0.1, -0.05) is 41.6 Å². The predicted molar refractivity (Wildman–Crippen MR) is 135 cm³/mol. The number of para-hydroxylation sites is 1. The van der Waals surface area contributed by atoms with E-state index in [1.807, 2.05) is 63.8 Å². The number of aryl methyl sites for hydroxylation is 1. The summed E-state index contributed by atoms with van der Waals surface area (Å²) >= 11 is 1.37. The van der Waals surface area contributed by atoms with Crippen molar-refractivity contribution in [1.82, 2.24) is 24.6 Å². The number of halogens is 1. The summed E-state index contributed by atoms with van der Waals surface area (Å²) in [5, 5.41) is 9.45. The summed E-state index contributed by atoms with van der Waals surface area (Å²) in [6.45, 7) is 4.35.